The van der Waals surface area contributed by atoms with Gasteiger partial charge in [-0.25, -0.2) is 15.0 Å². The molecule has 0 aliphatic carbocycles. The third kappa shape index (κ3) is 1.74. The smallest absolute Gasteiger partial charge is 0.152 e. The molecule has 0 atom stereocenters. The number of fused-ring (bicyclic) bond motifs is 1. The van der Waals surface area contributed by atoms with Gasteiger partial charge in [0.25, 0.3) is 0 Å². The van der Waals surface area contributed by atoms with Crippen LogP contribution in [0.15, 0.2) is 17.8 Å². The molecule has 0 amide bonds. The SMILES string of the molecule is Cc1ncn(Cc2nc(N)c3ccsc3n2)c1C. The summed E-state index contributed by atoms with van der Waals surface area (Å²) in [6.07, 6.45) is 1.81. The van der Waals surface area contributed by atoms with Gasteiger partial charge in [0.1, 0.15) is 10.6 Å². The number of aryl methyl sites for hydroxylation is 1. The molecule has 3 heterocycles. The van der Waals surface area contributed by atoms with Crippen molar-refractivity contribution in [3.8, 4) is 0 Å². The lowest BCUT2D eigenvalue weighted by Crippen LogP contribution is -2.06. The summed E-state index contributed by atoms with van der Waals surface area (Å²) >= 11 is 1.58. The molecule has 18 heavy (non-hydrogen) atoms. The first kappa shape index (κ1) is 11.2. The molecular formula is C12H13N5S. The summed E-state index contributed by atoms with van der Waals surface area (Å²) in [5.41, 5.74) is 8.09. The Hall–Kier alpha value is -1.95. The van der Waals surface area contributed by atoms with Crippen molar-refractivity contribution in [2.24, 2.45) is 0 Å². The van der Waals surface area contributed by atoms with E-state index < -0.39 is 0 Å². The van der Waals surface area contributed by atoms with E-state index in [2.05, 4.69) is 15.0 Å². The van der Waals surface area contributed by atoms with Gasteiger partial charge in [0.2, 0.25) is 0 Å². The van der Waals surface area contributed by atoms with Crippen LogP contribution in [-0.4, -0.2) is 19.5 Å². The van der Waals surface area contributed by atoms with Gasteiger partial charge in [-0.1, -0.05) is 0 Å². The Morgan fingerprint density at radius 2 is 2.17 bits per heavy atom. The molecular weight excluding hydrogens is 246 g/mol. The lowest BCUT2D eigenvalue weighted by atomic mass is 10.3. The average molecular weight is 259 g/mol. The minimum Gasteiger partial charge on any atom is -0.383 e. The molecule has 0 radical (unpaired) electrons. The number of nitrogen functional groups attached to an aromatic ring is 1. The van der Waals surface area contributed by atoms with E-state index in [-0.39, 0.29) is 0 Å². The molecule has 0 unspecified atom stereocenters. The van der Waals surface area contributed by atoms with Crippen molar-refractivity contribution >= 4 is 27.4 Å². The molecule has 3 aromatic rings. The molecule has 5 nitrogen and oxygen atoms in total. The Balaban J connectivity index is 2.02. The second kappa shape index (κ2) is 4.06. The van der Waals surface area contributed by atoms with E-state index in [1.54, 1.807) is 11.3 Å². The first-order chi connectivity index (χ1) is 8.65. The Morgan fingerprint density at radius 3 is 2.89 bits per heavy atom. The number of nitrogens with two attached hydrogens (primary N) is 1. The van der Waals surface area contributed by atoms with Crippen LogP contribution in [0.25, 0.3) is 10.2 Å². The molecule has 3 aromatic heterocycles. The zero-order valence-electron chi connectivity index (χ0n) is 10.2. The van der Waals surface area contributed by atoms with Crippen LogP contribution >= 0.6 is 11.3 Å². The number of hydrogen-bond donors (Lipinski definition) is 1. The predicted molar refractivity (Wildman–Crippen MR) is 72.6 cm³/mol. The molecule has 0 saturated carbocycles. The van der Waals surface area contributed by atoms with Crippen LogP contribution < -0.4 is 5.73 Å². The van der Waals surface area contributed by atoms with E-state index in [0.29, 0.717) is 12.4 Å². The summed E-state index contributed by atoms with van der Waals surface area (Å²) in [6, 6.07) is 1.95. The van der Waals surface area contributed by atoms with Crippen molar-refractivity contribution < 1.29 is 0 Å². The Kier molecular flexibility index (Phi) is 2.52. The minimum absolute atomic E-state index is 0.547. The van der Waals surface area contributed by atoms with Gasteiger partial charge in [-0.3, -0.25) is 0 Å². The fourth-order valence-corrected chi connectivity index (χ4v) is 2.64. The standard InChI is InChI=1S/C12H13N5S/c1-7-8(2)17(6-14-7)5-10-15-11(13)9-3-4-18-12(9)16-10/h3-4,6H,5H2,1-2H3,(H2,13,15,16). The van der Waals surface area contributed by atoms with Gasteiger partial charge in [0.05, 0.1) is 24.0 Å². The maximum Gasteiger partial charge on any atom is 0.152 e. The quantitative estimate of drug-likeness (QED) is 0.765. The summed E-state index contributed by atoms with van der Waals surface area (Å²) in [6.45, 7) is 4.63. The Morgan fingerprint density at radius 1 is 1.33 bits per heavy atom. The zero-order chi connectivity index (χ0) is 12.7. The predicted octanol–water partition coefficient (Wildman–Crippen LogP) is 2.14. The topological polar surface area (TPSA) is 69.6 Å². The fraction of sp³-hybridized carbons (Fsp3) is 0.250. The lowest BCUT2D eigenvalue weighted by Gasteiger charge is -2.05. The van der Waals surface area contributed by atoms with E-state index in [1.165, 1.54) is 0 Å². The second-order valence-electron chi connectivity index (χ2n) is 4.21. The fourth-order valence-electron chi connectivity index (χ4n) is 1.85. The van der Waals surface area contributed by atoms with Gasteiger partial charge >= 0.3 is 0 Å². The number of aromatic nitrogens is 4. The number of nitrogens with zero attached hydrogens (tertiary/aromatic N) is 4. The van der Waals surface area contributed by atoms with Gasteiger partial charge in [0.15, 0.2) is 5.82 Å². The van der Waals surface area contributed by atoms with Crippen LogP contribution in [0.3, 0.4) is 0 Å². The maximum atomic E-state index is 5.93. The summed E-state index contributed by atoms with van der Waals surface area (Å²) in [5.74, 6) is 1.27. The zero-order valence-corrected chi connectivity index (χ0v) is 11.0. The highest BCUT2D eigenvalue weighted by Crippen LogP contribution is 2.23. The molecule has 0 aliphatic heterocycles. The van der Waals surface area contributed by atoms with Crippen molar-refractivity contribution in [3.63, 3.8) is 0 Å². The van der Waals surface area contributed by atoms with E-state index in [4.69, 9.17) is 5.73 Å². The van der Waals surface area contributed by atoms with Gasteiger partial charge in [-0.2, -0.15) is 0 Å². The molecule has 0 fully saturated rings. The number of imidazole rings is 1. The van der Waals surface area contributed by atoms with Gasteiger partial charge in [-0.05, 0) is 25.3 Å². The van der Waals surface area contributed by atoms with Crippen molar-refractivity contribution in [2.75, 3.05) is 5.73 Å². The van der Waals surface area contributed by atoms with E-state index >= 15 is 0 Å². The van der Waals surface area contributed by atoms with Gasteiger partial charge < -0.3 is 10.3 Å². The summed E-state index contributed by atoms with van der Waals surface area (Å²) in [4.78, 5) is 14.1. The average Bonchev–Trinajstić information content (AvgIpc) is 2.91. The molecule has 3 rings (SSSR count). The molecule has 0 aliphatic rings. The van der Waals surface area contributed by atoms with Crippen molar-refractivity contribution in [1.82, 2.24) is 19.5 Å². The third-order valence-electron chi connectivity index (χ3n) is 3.06. The van der Waals surface area contributed by atoms with Crippen LogP contribution in [0.5, 0.6) is 0 Å². The molecule has 0 saturated heterocycles. The van der Waals surface area contributed by atoms with E-state index in [1.807, 2.05) is 36.2 Å². The monoisotopic (exact) mass is 259 g/mol. The first-order valence-corrected chi connectivity index (χ1v) is 6.51. The normalized spacial score (nSPS) is 11.2. The van der Waals surface area contributed by atoms with E-state index in [0.717, 1.165) is 27.4 Å². The number of thiophene rings is 1. The molecule has 92 valence electrons. The summed E-state index contributed by atoms with van der Waals surface area (Å²) in [5, 5.41) is 2.91. The molecule has 0 aromatic carbocycles. The van der Waals surface area contributed by atoms with Crippen LogP contribution in [0, 0.1) is 13.8 Å². The van der Waals surface area contributed by atoms with Gasteiger partial charge in [-0.15, -0.1) is 11.3 Å². The minimum atomic E-state index is 0.547. The van der Waals surface area contributed by atoms with Gasteiger partial charge in [0, 0.05) is 5.69 Å². The van der Waals surface area contributed by atoms with Crippen molar-refractivity contribution in [2.45, 2.75) is 20.4 Å². The lowest BCUT2D eigenvalue weighted by molar-refractivity contribution is 0.728. The number of anilines is 1. The van der Waals surface area contributed by atoms with Crippen LogP contribution in [0.1, 0.15) is 17.2 Å². The van der Waals surface area contributed by atoms with Crippen LogP contribution in [-0.2, 0) is 6.54 Å². The second-order valence-corrected chi connectivity index (χ2v) is 5.10. The highest BCUT2D eigenvalue weighted by atomic mass is 32.1. The molecule has 2 N–H and O–H groups in total. The number of rotatable bonds is 2. The first-order valence-electron chi connectivity index (χ1n) is 5.63. The summed E-state index contributed by atoms with van der Waals surface area (Å²) < 4.78 is 2.03. The number of hydrogen-bond acceptors (Lipinski definition) is 5. The highest BCUT2D eigenvalue weighted by molar-refractivity contribution is 7.16. The highest BCUT2D eigenvalue weighted by Gasteiger charge is 2.08. The summed E-state index contributed by atoms with van der Waals surface area (Å²) in [7, 11) is 0. The largest absolute Gasteiger partial charge is 0.383 e. The molecule has 0 bridgehead atoms. The maximum absolute atomic E-state index is 5.93. The molecule has 0 spiro atoms. The third-order valence-corrected chi connectivity index (χ3v) is 3.86. The molecule has 6 heteroatoms. The van der Waals surface area contributed by atoms with Crippen molar-refractivity contribution in [3.05, 3.63) is 35.0 Å². The van der Waals surface area contributed by atoms with E-state index in [9.17, 15) is 0 Å². The van der Waals surface area contributed by atoms with Crippen LogP contribution in [0.2, 0.25) is 0 Å². The van der Waals surface area contributed by atoms with Crippen LogP contribution in [0.4, 0.5) is 5.82 Å². The Bertz CT molecular complexity index is 712. The van der Waals surface area contributed by atoms with Crippen molar-refractivity contribution in [1.29, 1.82) is 0 Å². The Labute approximate surface area is 108 Å².